The largest absolute Gasteiger partial charge is 0.469 e. The highest BCUT2D eigenvalue weighted by Crippen LogP contribution is 2.24. The van der Waals surface area contributed by atoms with Gasteiger partial charge < -0.3 is 14.5 Å². The van der Waals surface area contributed by atoms with E-state index in [4.69, 9.17) is 9.15 Å². The van der Waals surface area contributed by atoms with Crippen LogP contribution >= 0.6 is 0 Å². The topological polar surface area (TPSA) is 92.1 Å². The number of rotatable bonds is 7. The van der Waals surface area contributed by atoms with E-state index in [0.29, 0.717) is 43.5 Å². The van der Waals surface area contributed by atoms with Gasteiger partial charge in [-0.05, 0) is 32.3 Å². The van der Waals surface area contributed by atoms with Crippen LogP contribution in [0.1, 0.15) is 35.4 Å². The van der Waals surface area contributed by atoms with Gasteiger partial charge in [-0.15, -0.1) is 0 Å². The molecule has 3 heterocycles. The minimum Gasteiger partial charge on any atom is -0.469 e. The first kappa shape index (κ1) is 20.3. The molecule has 152 valence electrons. The molecule has 1 unspecified atom stereocenters. The monoisotopic (exact) mass is 399 g/mol. The Bertz CT molecular complexity index is 742. The summed E-state index contributed by atoms with van der Waals surface area (Å²) in [7, 11) is -3.17. The average molecular weight is 400 g/mol. The van der Waals surface area contributed by atoms with E-state index in [-0.39, 0.29) is 11.9 Å². The highest BCUT2D eigenvalue weighted by atomic mass is 32.2. The second-order valence-corrected chi connectivity index (χ2v) is 9.27. The number of furan rings is 1. The van der Waals surface area contributed by atoms with E-state index < -0.39 is 10.0 Å². The van der Waals surface area contributed by atoms with Crippen LogP contribution in [0.25, 0.3) is 0 Å². The molecule has 9 heteroatoms. The summed E-state index contributed by atoms with van der Waals surface area (Å²) in [5.74, 6) is 0.464. The lowest BCUT2D eigenvalue weighted by Crippen LogP contribution is -2.50. The third-order valence-corrected chi connectivity index (χ3v) is 6.75. The van der Waals surface area contributed by atoms with Crippen LogP contribution in [-0.2, 0) is 14.8 Å². The number of amides is 1. The van der Waals surface area contributed by atoms with Crippen LogP contribution in [0.4, 0.5) is 0 Å². The van der Waals surface area contributed by atoms with Crippen molar-refractivity contribution in [2.75, 3.05) is 45.6 Å². The van der Waals surface area contributed by atoms with Gasteiger partial charge in [0, 0.05) is 51.5 Å². The Morgan fingerprint density at radius 1 is 1.30 bits per heavy atom. The van der Waals surface area contributed by atoms with Crippen LogP contribution in [0.2, 0.25) is 0 Å². The van der Waals surface area contributed by atoms with Crippen LogP contribution in [0.5, 0.6) is 0 Å². The molecule has 0 spiro atoms. The SMILES string of the molecule is Cc1occc1C(=O)NCCN(C1CCOCC1)C1CCN(S(C)(=O)=O)C1. The van der Waals surface area contributed by atoms with Crippen molar-refractivity contribution in [3.63, 3.8) is 0 Å². The molecule has 2 fully saturated rings. The van der Waals surface area contributed by atoms with E-state index >= 15 is 0 Å². The summed E-state index contributed by atoms with van der Waals surface area (Å²) in [6, 6.07) is 2.20. The minimum absolute atomic E-state index is 0.141. The highest BCUT2D eigenvalue weighted by Gasteiger charge is 2.35. The summed E-state index contributed by atoms with van der Waals surface area (Å²) in [4.78, 5) is 14.7. The predicted molar refractivity (Wildman–Crippen MR) is 101 cm³/mol. The van der Waals surface area contributed by atoms with Crippen LogP contribution in [0.15, 0.2) is 16.7 Å². The molecule has 2 aliphatic rings. The third kappa shape index (κ3) is 5.10. The molecule has 0 bridgehead atoms. The van der Waals surface area contributed by atoms with E-state index in [9.17, 15) is 13.2 Å². The average Bonchev–Trinajstić information content (AvgIpc) is 3.28. The van der Waals surface area contributed by atoms with E-state index in [2.05, 4.69) is 10.2 Å². The molecule has 1 aromatic heterocycles. The van der Waals surface area contributed by atoms with Gasteiger partial charge in [-0.3, -0.25) is 9.69 Å². The van der Waals surface area contributed by atoms with Gasteiger partial charge in [-0.25, -0.2) is 12.7 Å². The van der Waals surface area contributed by atoms with Crippen molar-refractivity contribution in [1.29, 1.82) is 0 Å². The smallest absolute Gasteiger partial charge is 0.254 e. The van der Waals surface area contributed by atoms with E-state index in [1.807, 2.05) is 0 Å². The molecule has 0 radical (unpaired) electrons. The number of hydrogen-bond donors (Lipinski definition) is 1. The Labute approximate surface area is 160 Å². The summed E-state index contributed by atoms with van der Waals surface area (Å²) >= 11 is 0. The third-order valence-electron chi connectivity index (χ3n) is 5.48. The Morgan fingerprint density at radius 3 is 2.63 bits per heavy atom. The van der Waals surface area contributed by atoms with Gasteiger partial charge in [0.2, 0.25) is 10.0 Å². The zero-order chi connectivity index (χ0) is 19.4. The molecular weight excluding hydrogens is 370 g/mol. The summed E-state index contributed by atoms with van der Waals surface area (Å²) in [6.45, 7) is 5.50. The van der Waals surface area contributed by atoms with E-state index in [0.717, 1.165) is 32.5 Å². The Kier molecular flexibility index (Phi) is 6.56. The number of hydrogen-bond acceptors (Lipinski definition) is 6. The van der Waals surface area contributed by atoms with Gasteiger partial charge in [0.05, 0.1) is 18.1 Å². The van der Waals surface area contributed by atoms with Gasteiger partial charge in [0.15, 0.2) is 0 Å². The zero-order valence-electron chi connectivity index (χ0n) is 16.0. The van der Waals surface area contributed by atoms with E-state index in [1.54, 1.807) is 17.3 Å². The van der Waals surface area contributed by atoms with Crippen molar-refractivity contribution >= 4 is 15.9 Å². The summed E-state index contributed by atoms with van der Waals surface area (Å²) in [5, 5.41) is 2.96. The van der Waals surface area contributed by atoms with Crippen LogP contribution in [0.3, 0.4) is 0 Å². The molecule has 1 atom stereocenters. The standard InChI is InChI=1S/C18H29N3O5S/c1-14-17(6-12-26-14)18(22)19-7-9-21(15-4-10-25-11-5-15)16-3-8-20(13-16)27(2,23)24/h6,12,15-16H,3-5,7-11,13H2,1-2H3,(H,19,22). The first-order chi connectivity index (χ1) is 12.9. The molecule has 8 nitrogen and oxygen atoms in total. The molecular formula is C18H29N3O5S. The van der Waals surface area contributed by atoms with Crippen molar-refractivity contribution in [1.82, 2.24) is 14.5 Å². The van der Waals surface area contributed by atoms with Crippen molar-refractivity contribution in [3.8, 4) is 0 Å². The van der Waals surface area contributed by atoms with Crippen molar-refractivity contribution in [2.45, 2.75) is 38.3 Å². The molecule has 0 aromatic carbocycles. The van der Waals surface area contributed by atoms with Gasteiger partial charge in [0.1, 0.15) is 5.76 Å². The Morgan fingerprint density at radius 2 is 2.04 bits per heavy atom. The molecule has 2 saturated heterocycles. The van der Waals surface area contributed by atoms with Crippen LogP contribution in [-0.4, -0.2) is 81.3 Å². The number of aryl methyl sites for hydroxylation is 1. The van der Waals surface area contributed by atoms with Crippen LogP contribution < -0.4 is 5.32 Å². The lowest BCUT2D eigenvalue weighted by Gasteiger charge is -2.38. The summed E-state index contributed by atoms with van der Waals surface area (Å²) in [6.07, 6.45) is 5.46. The quantitative estimate of drug-likeness (QED) is 0.730. The fraction of sp³-hybridized carbons (Fsp3) is 0.722. The highest BCUT2D eigenvalue weighted by molar-refractivity contribution is 7.88. The first-order valence-corrected chi connectivity index (χ1v) is 11.3. The minimum atomic E-state index is -3.17. The van der Waals surface area contributed by atoms with E-state index in [1.165, 1.54) is 12.5 Å². The first-order valence-electron chi connectivity index (χ1n) is 9.47. The molecule has 0 aliphatic carbocycles. The maximum atomic E-state index is 12.3. The van der Waals surface area contributed by atoms with Gasteiger partial charge in [-0.2, -0.15) is 0 Å². The molecule has 27 heavy (non-hydrogen) atoms. The lowest BCUT2D eigenvalue weighted by molar-refractivity contribution is 0.0194. The van der Waals surface area contributed by atoms with Crippen molar-refractivity contribution < 1.29 is 22.4 Å². The molecule has 0 saturated carbocycles. The second kappa shape index (κ2) is 8.72. The maximum Gasteiger partial charge on any atom is 0.254 e. The maximum absolute atomic E-state index is 12.3. The summed E-state index contributed by atoms with van der Waals surface area (Å²) in [5.41, 5.74) is 0.553. The number of ether oxygens (including phenoxy) is 1. The van der Waals surface area contributed by atoms with Crippen molar-refractivity contribution in [3.05, 3.63) is 23.7 Å². The number of sulfonamides is 1. The molecule has 3 rings (SSSR count). The number of carbonyl (C=O) groups is 1. The normalized spacial score (nSPS) is 22.4. The van der Waals surface area contributed by atoms with Gasteiger partial charge in [0.25, 0.3) is 5.91 Å². The van der Waals surface area contributed by atoms with Gasteiger partial charge in [-0.1, -0.05) is 0 Å². The molecule has 1 amide bonds. The lowest BCUT2D eigenvalue weighted by atomic mass is 10.0. The molecule has 1 N–H and O–H groups in total. The Balaban J connectivity index is 1.60. The number of nitrogens with zero attached hydrogens (tertiary/aromatic N) is 2. The fourth-order valence-corrected chi connectivity index (χ4v) is 4.86. The predicted octanol–water partition coefficient (Wildman–Crippen LogP) is 0.833. The molecule has 1 aromatic rings. The summed E-state index contributed by atoms with van der Waals surface area (Å²) < 4.78 is 36.0. The Hall–Kier alpha value is -1.42. The number of nitrogens with one attached hydrogen (secondary N) is 1. The zero-order valence-corrected chi connectivity index (χ0v) is 16.8. The van der Waals surface area contributed by atoms with Crippen molar-refractivity contribution in [2.24, 2.45) is 0 Å². The van der Waals surface area contributed by atoms with Crippen LogP contribution in [0, 0.1) is 6.92 Å². The second-order valence-electron chi connectivity index (χ2n) is 7.29. The number of carbonyl (C=O) groups excluding carboxylic acids is 1. The fourth-order valence-electron chi connectivity index (χ4n) is 3.98. The van der Waals surface area contributed by atoms with Gasteiger partial charge >= 0.3 is 0 Å². The molecule has 2 aliphatic heterocycles.